The third kappa shape index (κ3) is 5.72. The predicted molar refractivity (Wildman–Crippen MR) is 128 cm³/mol. The molecule has 1 unspecified atom stereocenters. The molecule has 6 nitrogen and oxygen atoms in total. The Morgan fingerprint density at radius 1 is 1.12 bits per heavy atom. The predicted octanol–water partition coefficient (Wildman–Crippen LogP) is 3.77. The van der Waals surface area contributed by atoms with Crippen LogP contribution in [0.15, 0.2) is 59.6 Å². The Labute approximate surface area is 192 Å². The van der Waals surface area contributed by atoms with Crippen LogP contribution in [0.3, 0.4) is 0 Å². The molecule has 3 aromatic rings. The monoisotopic (exact) mass is 451 g/mol. The largest absolute Gasteiger partial charge is 0.376 e. The second-order valence-electron chi connectivity index (χ2n) is 8.05. The third-order valence-electron chi connectivity index (χ3n) is 5.61. The SMILES string of the molecule is Cc1ccc(C(=O)NCCn2cc(SCC(=O)NCC3CCCO3)c3ccccc32)cc1. The zero-order valence-corrected chi connectivity index (χ0v) is 19.1. The minimum Gasteiger partial charge on any atom is -0.376 e. The zero-order chi connectivity index (χ0) is 22.3. The molecule has 0 saturated carbocycles. The highest BCUT2D eigenvalue weighted by Crippen LogP contribution is 2.29. The number of nitrogens with one attached hydrogen (secondary N) is 2. The first-order valence-corrected chi connectivity index (χ1v) is 12.0. The molecular weight excluding hydrogens is 422 g/mol. The Bertz CT molecular complexity index is 1070. The molecule has 1 fully saturated rings. The van der Waals surface area contributed by atoms with Crippen molar-refractivity contribution < 1.29 is 14.3 Å². The Morgan fingerprint density at radius 3 is 2.72 bits per heavy atom. The van der Waals surface area contributed by atoms with Crippen LogP contribution in [0.4, 0.5) is 0 Å². The number of carbonyl (C=O) groups is 2. The molecule has 168 valence electrons. The van der Waals surface area contributed by atoms with Crippen LogP contribution in [0, 0.1) is 6.92 Å². The average molecular weight is 452 g/mol. The van der Waals surface area contributed by atoms with Gasteiger partial charge in [0.25, 0.3) is 5.91 Å². The summed E-state index contributed by atoms with van der Waals surface area (Å²) in [6, 6.07) is 15.7. The summed E-state index contributed by atoms with van der Waals surface area (Å²) in [5.41, 5.74) is 2.89. The number of para-hydroxylation sites is 1. The molecule has 2 heterocycles. The van der Waals surface area contributed by atoms with Crippen molar-refractivity contribution in [3.8, 4) is 0 Å². The normalized spacial score (nSPS) is 15.7. The number of benzene rings is 2. The van der Waals surface area contributed by atoms with E-state index in [1.807, 2.05) is 43.3 Å². The summed E-state index contributed by atoms with van der Waals surface area (Å²) in [4.78, 5) is 25.7. The fraction of sp³-hybridized carbons (Fsp3) is 0.360. The van der Waals surface area contributed by atoms with Crippen molar-refractivity contribution in [3.63, 3.8) is 0 Å². The molecule has 0 aliphatic carbocycles. The van der Waals surface area contributed by atoms with Crippen molar-refractivity contribution in [1.82, 2.24) is 15.2 Å². The first kappa shape index (κ1) is 22.4. The van der Waals surface area contributed by atoms with Crippen molar-refractivity contribution in [2.45, 2.75) is 37.3 Å². The minimum atomic E-state index is -0.0704. The standard InChI is InChI=1S/C25H29N3O3S/c1-18-8-10-19(11-9-18)25(30)26-12-13-28-16-23(21-6-2-3-7-22(21)28)32-17-24(29)27-15-20-5-4-14-31-20/h2-3,6-11,16,20H,4-5,12-15,17H2,1H3,(H,26,30)(H,27,29). The van der Waals surface area contributed by atoms with Crippen LogP contribution in [0.1, 0.15) is 28.8 Å². The van der Waals surface area contributed by atoms with Crippen molar-refractivity contribution in [2.75, 3.05) is 25.4 Å². The number of fused-ring (bicyclic) bond motifs is 1. The second-order valence-corrected chi connectivity index (χ2v) is 9.07. The van der Waals surface area contributed by atoms with Gasteiger partial charge in [-0.05, 0) is 38.0 Å². The van der Waals surface area contributed by atoms with E-state index in [1.54, 1.807) is 0 Å². The number of carbonyl (C=O) groups excluding carboxylic acids is 2. The summed E-state index contributed by atoms with van der Waals surface area (Å²) in [7, 11) is 0. The van der Waals surface area contributed by atoms with E-state index in [1.165, 1.54) is 11.8 Å². The average Bonchev–Trinajstić information content (AvgIpc) is 3.45. The van der Waals surface area contributed by atoms with E-state index in [0.717, 1.165) is 40.8 Å². The zero-order valence-electron chi connectivity index (χ0n) is 18.3. The molecule has 7 heteroatoms. The lowest BCUT2D eigenvalue weighted by molar-refractivity contribution is -0.119. The highest BCUT2D eigenvalue weighted by Gasteiger charge is 2.17. The van der Waals surface area contributed by atoms with Crippen LogP contribution in [0.5, 0.6) is 0 Å². The summed E-state index contributed by atoms with van der Waals surface area (Å²) >= 11 is 1.54. The molecule has 1 aromatic heterocycles. The summed E-state index contributed by atoms with van der Waals surface area (Å²) < 4.78 is 7.70. The minimum absolute atomic E-state index is 0.0210. The number of amides is 2. The fourth-order valence-corrected chi connectivity index (χ4v) is 4.76. The van der Waals surface area contributed by atoms with Gasteiger partial charge in [-0.2, -0.15) is 0 Å². The second kappa shape index (κ2) is 10.7. The molecule has 1 aliphatic rings. The van der Waals surface area contributed by atoms with Crippen LogP contribution < -0.4 is 10.6 Å². The molecule has 1 saturated heterocycles. The topological polar surface area (TPSA) is 72.4 Å². The molecule has 1 aliphatic heterocycles. The highest BCUT2D eigenvalue weighted by atomic mass is 32.2. The van der Waals surface area contributed by atoms with Crippen LogP contribution in [-0.4, -0.2) is 47.9 Å². The Balaban J connectivity index is 1.33. The van der Waals surface area contributed by atoms with Crippen molar-refractivity contribution in [3.05, 3.63) is 65.9 Å². The number of rotatable bonds is 9. The van der Waals surface area contributed by atoms with Gasteiger partial charge in [-0.3, -0.25) is 9.59 Å². The number of hydrogen-bond donors (Lipinski definition) is 2. The van der Waals surface area contributed by atoms with Crippen LogP contribution >= 0.6 is 11.8 Å². The Hall–Kier alpha value is -2.77. The van der Waals surface area contributed by atoms with Crippen molar-refractivity contribution in [2.24, 2.45) is 0 Å². The van der Waals surface area contributed by atoms with Gasteiger partial charge >= 0.3 is 0 Å². The molecular formula is C25H29N3O3S. The highest BCUT2D eigenvalue weighted by molar-refractivity contribution is 8.00. The molecule has 0 spiro atoms. The number of nitrogens with zero attached hydrogens (tertiary/aromatic N) is 1. The van der Waals surface area contributed by atoms with Crippen LogP contribution in [-0.2, 0) is 16.1 Å². The smallest absolute Gasteiger partial charge is 0.251 e. The van der Waals surface area contributed by atoms with E-state index < -0.39 is 0 Å². The third-order valence-corrected chi connectivity index (χ3v) is 6.66. The van der Waals surface area contributed by atoms with Crippen molar-refractivity contribution in [1.29, 1.82) is 0 Å². The quantitative estimate of drug-likeness (QED) is 0.486. The van der Waals surface area contributed by atoms with Gasteiger partial charge < -0.3 is 19.9 Å². The maximum atomic E-state index is 12.4. The van der Waals surface area contributed by atoms with Gasteiger partial charge in [0, 0.05) is 53.8 Å². The summed E-state index contributed by atoms with van der Waals surface area (Å²) in [5, 5.41) is 7.09. The number of thioether (sulfide) groups is 1. The number of ether oxygens (including phenoxy) is 1. The van der Waals surface area contributed by atoms with Gasteiger partial charge in [0.1, 0.15) is 0 Å². The Morgan fingerprint density at radius 2 is 1.94 bits per heavy atom. The van der Waals surface area contributed by atoms with Crippen LogP contribution in [0.2, 0.25) is 0 Å². The van der Waals surface area contributed by atoms with Gasteiger partial charge in [0.05, 0.1) is 11.9 Å². The Kier molecular flexibility index (Phi) is 7.50. The molecule has 2 N–H and O–H groups in total. The molecule has 4 rings (SSSR count). The number of aromatic nitrogens is 1. The van der Waals surface area contributed by atoms with Gasteiger partial charge in [-0.1, -0.05) is 35.9 Å². The fourth-order valence-electron chi connectivity index (χ4n) is 3.84. The summed E-state index contributed by atoms with van der Waals surface area (Å²) in [6.07, 6.45) is 4.31. The molecule has 2 amide bonds. The first-order valence-electron chi connectivity index (χ1n) is 11.0. The molecule has 32 heavy (non-hydrogen) atoms. The lowest BCUT2D eigenvalue weighted by Gasteiger charge is -2.10. The van der Waals surface area contributed by atoms with Gasteiger partial charge in [0.2, 0.25) is 5.91 Å². The first-order chi connectivity index (χ1) is 15.6. The lowest BCUT2D eigenvalue weighted by Crippen LogP contribution is -2.32. The lowest BCUT2D eigenvalue weighted by atomic mass is 10.1. The maximum Gasteiger partial charge on any atom is 0.251 e. The van der Waals surface area contributed by atoms with E-state index in [9.17, 15) is 9.59 Å². The number of aryl methyl sites for hydroxylation is 1. The van der Waals surface area contributed by atoms with E-state index >= 15 is 0 Å². The van der Waals surface area contributed by atoms with Gasteiger partial charge in [-0.15, -0.1) is 11.8 Å². The van der Waals surface area contributed by atoms with Crippen LogP contribution in [0.25, 0.3) is 10.9 Å². The molecule has 0 radical (unpaired) electrons. The maximum absolute atomic E-state index is 12.4. The summed E-state index contributed by atoms with van der Waals surface area (Å²) in [6.45, 7) is 4.56. The van der Waals surface area contributed by atoms with Crippen molar-refractivity contribution >= 4 is 34.5 Å². The van der Waals surface area contributed by atoms with Gasteiger partial charge in [0.15, 0.2) is 0 Å². The van der Waals surface area contributed by atoms with E-state index in [2.05, 4.69) is 33.5 Å². The van der Waals surface area contributed by atoms with Gasteiger partial charge in [-0.25, -0.2) is 0 Å². The summed E-state index contributed by atoms with van der Waals surface area (Å²) in [5.74, 6) is 0.317. The number of hydrogen-bond acceptors (Lipinski definition) is 4. The molecule has 2 aromatic carbocycles. The van der Waals surface area contributed by atoms with E-state index in [4.69, 9.17) is 4.74 Å². The molecule has 1 atom stereocenters. The molecule has 0 bridgehead atoms. The van der Waals surface area contributed by atoms with E-state index in [-0.39, 0.29) is 17.9 Å². The van der Waals surface area contributed by atoms with E-state index in [0.29, 0.717) is 31.0 Å².